The Balaban J connectivity index is 1.70. The maximum absolute atomic E-state index is 13.2. The minimum absolute atomic E-state index is 0.0544. The van der Waals surface area contributed by atoms with Crippen LogP contribution in [0, 0.1) is 5.41 Å². The van der Waals surface area contributed by atoms with Gasteiger partial charge in [0, 0.05) is 26.1 Å². The van der Waals surface area contributed by atoms with Crippen molar-refractivity contribution in [3.8, 4) is 0 Å². The lowest BCUT2D eigenvalue weighted by Gasteiger charge is -2.39. The van der Waals surface area contributed by atoms with Crippen LogP contribution in [0.3, 0.4) is 0 Å². The molecule has 1 amide bonds. The number of aliphatic carboxylic acids is 1. The summed E-state index contributed by atoms with van der Waals surface area (Å²) < 4.78 is 31.5. The predicted octanol–water partition coefficient (Wildman–Crippen LogP) is 2.29. The smallest absolute Gasteiger partial charge is 0.410 e. The van der Waals surface area contributed by atoms with Crippen molar-refractivity contribution in [3.05, 3.63) is 54.6 Å². The quantitative estimate of drug-likeness (QED) is 0.615. The van der Waals surface area contributed by atoms with Crippen molar-refractivity contribution in [1.29, 1.82) is 0 Å². The third-order valence-corrected chi connectivity index (χ3v) is 8.07. The van der Waals surface area contributed by atoms with Gasteiger partial charge in [-0.05, 0) is 24.0 Å². The summed E-state index contributed by atoms with van der Waals surface area (Å²) >= 11 is 0. The van der Waals surface area contributed by atoms with E-state index in [0.717, 1.165) is 11.1 Å². The van der Waals surface area contributed by atoms with Crippen molar-refractivity contribution in [2.24, 2.45) is 5.41 Å². The van der Waals surface area contributed by atoms with Crippen LogP contribution in [0.1, 0.15) is 24.8 Å². The zero-order valence-electron chi connectivity index (χ0n) is 17.3. The summed E-state index contributed by atoms with van der Waals surface area (Å²) in [5.41, 5.74) is 0.463. The lowest BCUT2D eigenvalue weighted by atomic mass is 9.80. The van der Waals surface area contributed by atoms with E-state index in [2.05, 4.69) is 11.9 Å². The van der Waals surface area contributed by atoms with Crippen molar-refractivity contribution in [2.45, 2.75) is 24.6 Å². The highest BCUT2D eigenvalue weighted by molar-refractivity contribution is 7.92. The fraction of sp³-hybridized carbons (Fsp3) is 0.455. The van der Waals surface area contributed by atoms with Gasteiger partial charge < -0.3 is 14.7 Å². The first-order chi connectivity index (χ1) is 14.8. The van der Waals surface area contributed by atoms with Gasteiger partial charge in [0.15, 0.2) is 9.84 Å². The first kappa shape index (κ1) is 23.0. The van der Waals surface area contributed by atoms with Crippen LogP contribution < -0.4 is 5.32 Å². The molecule has 1 aromatic rings. The average molecular weight is 449 g/mol. The van der Waals surface area contributed by atoms with Gasteiger partial charge in [0.25, 0.3) is 0 Å². The van der Waals surface area contributed by atoms with Crippen molar-refractivity contribution >= 4 is 27.5 Å². The first-order valence-electron chi connectivity index (χ1n) is 10.2. The van der Waals surface area contributed by atoms with Crippen LogP contribution in [0.15, 0.2) is 49.1 Å². The highest BCUT2D eigenvalue weighted by atomic mass is 32.2. The maximum atomic E-state index is 13.2. The fourth-order valence-electron chi connectivity index (χ4n) is 4.06. The summed E-state index contributed by atoms with van der Waals surface area (Å²) in [7, 11) is -3.76. The number of rotatable bonds is 7. The van der Waals surface area contributed by atoms with Gasteiger partial charge in [-0.1, -0.05) is 49.1 Å². The van der Waals surface area contributed by atoms with E-state index in [4.69, 9.17) is 4.74 Å². The number of carbonyl (C=O) groups is 2. The van der Waals surface area contributed by atoms with Gasteiger partial charge in [0.05, 0.1) is 11.2 Å². The molecule has 1 atom stereocenters. The molecule has 168 valence electrons. The number of piperidine rings is 1. The maximum Gasteiger partial charge on any atom is 0.410 e. The van der Waals surface area contributed by atoms with Crippen LogP contribution in [0.2, 0.25) is 0 Å². The van der Waals surface area contributed by atoms with Gasteiger partial charge in [-0.15, -0.1) is 0 Å². The standard InChI is InChI=1S/C22H28N2O6S/c1-2-14-30-21(27)24-12-9-22(10-13-24,20(25)26)16-31(28,29)19-15-18(8-11-23-19)17-6-4-3-5-7-17/h2-8,19,23H,1,9-16H2,(H,25,26). The molecule has 0 bridgehead atoms. The second kappa shape index (κ2) is 9.65. The van der Waals surface area contributed by atoms with E-state index in [-0.39, 0.29) is 39.0 Å². The van der Waals surface area contributed by atoms with Crippen LogP contribution >= 0.6 is 0 Å². The Morgan fingerprint density at radius 1 is 1.26 bits per heavy atom. The molecule has 0 aromatic heterocycles. The number of carbonyl (C=O) groups excluding carboxylic acids is 1. The highest BCUT2D eigenvalue weighted by Gasteiger charge is 2.47. The Bertz CT molecular complexity index is 949. The number of nitrogens with zero attached hydrogens (tertiary/aromatic N) is 1. The second-order valence-corrected chi connectivity index (χ2v) is 10.1. The van der Waals surface area contributed by atoms with Crippen LogP contribution in [0.25, 0.3) is 5.57 Å². The number of carboxylic acid groups (broad SMARTS) is 1. The minimum Gasteiger partial charge on any atom is -0.481 e. The topological polar surface area (TPSA) is 113 Å². The van der Waals surface area contributed by atoms with Gasteiger partial charge in [-0.25, -0.2) is 13.2 Å². The van der Waals surface area contributed by atoms with E-state index in [1.165, 1.54) is 11.0 Å². The van der Waals surface area contributed by atoms with Crippen molar-refractivity contribution in [2.75, 3.05) is 32.0 Å². The van der Waals surface area contributed by atoms with Crippen molar-refractivity contribution < 1.29 is 27.9 Å². The second-order valence-electron chi connectivity index (χ2n) is 7.94. The fourth-order valence-corrected chi connectivity index (χ4v) is 6.22. The van der Waals surface area contributed by atoms with Crippen LogP contribution in [-0.2, 0) is 19.4 Å². The molecule has 2 aliphatic rings. The third-order valence-electron chi connectivity index (χ3n) is 5.91. The third kappa shape index (κ3) is 5.34. The zero-order valence-corrected chi connectivity index (χ0v) is 18.1. The van der Waals surface area contributed by atoms with E-state index in [9.17, 15) is 23.1 Å². The Morgan fingerprint density at radius 2 is 1.94 bits per heavy atom. The summed E-state index contributed by atoms with van der Waals surface area (Å²) in [6.45, 7) is 4.21. The van der Waals surface area contributed by atoms with Crippen LogP contribution in [0.5, 0.6) is 0 Å². The van der Waals surface area contributed by atoms with Crippen LogP contribution in [0.4, 0.5) is 4.79 Å². The number of hydrogen-bond acceptors (Lipinski definition) is 6. The summed E-state index contributed by atoms with van der Waals surface area (Å²) in [5.74, 6) is -1.62. The zero-order chi connectivity index (χ0) is 22.5. The van der Waals surface area contributed by atoms with E-state index in [1.54, 1.807) is 0 Å². The molecule has 8 nitrogen and oxygen atoms in total. The van der Waals surface area contributed by atoms with Crippen LogP contribution in [-0.4, -0.2) is 67.9 Å². The molecular formula is C22H28N2O6S. The lowest BCUT2D eigenvalue weighted by Crippen LogP contribution is -2.52. The van der Waals surface area contributed by atoms with Crippen molar-refractivity contribution in [3.63, 3.8) is 0 Å². The molecule has 3 rings (SSSR count). The molecule has 31 heavy (non-hydrogen) atoms. The minimum atomic E-state index is -3.76. The Hall–Kier alpha value is -2.65. The summed E-state index contributed by atoms with van der Waals surface area (Å²) in [6.07, 6.45) is 3.25. The molecule has 1 fully saturated rings. The highest BCUT2D eigenvalue weighted by Crippen LogP contribution is 2.36. The van der Waals surface area contributed by atoms with E-state index >= 15 is 0 Å². The molecular weight excluding hydrogens is 420 g/mol. The molecule has 1 saturated heterocycles. The molecule has 1 unspecified atom stereocenters. The molecule has 2 heterocycles. The van der Waals surface area contributed by atoms with Gasteiger partial charge >= 0.3 is 12.1 Å². The molecule has 0 aliphatic carbocycles. The van der Waals surface area contributed by atoms with Gasteiger partial charge in [0.1, 0.15) is 12.0 Å². The van der Waals surface area contributed by atoms with Gasteiger partial charge in [-0.2, -0.15) is 0 Å². The largest absolute Gasteiger partial charge is 0.481 e. The molecule has 0 spiro atoms. The monoisotopic (exact) mass is 448 g/mol. The SMILES string of the molecule is C=CCOC(=O)N1CCC(CS(=O)(=O)C2CC(c3ccccc3)=CCN2)(C(=O)O)CC1. The Labute approximate surface area is 182 Å². The molecule has 9 heteroatoms. The number of amides is 1. The van der Waals surface area contributed by atoms with Gasteiger partial charge in [-0.3, -0.25) is 10.1 Å². The normalized spacial score (nSPS) is 21.1. The number of carboxylic acids is 1. The molecule has 0 saturated carbocycles. The van der Waals surface area contributed by atoms with E-state index in [0.29, 0.717) is 6.54 Å². The van der Waals surface area contributed by atoms with E-state index < -0.39 is 38.4 Å². The summed E-state index contributed by atoms with van der Waals surface area (Å²) in [4.78, 5) is 25.6. The molecule has 2 aliphatic heterocycles. The predicted molar refractivity (Wildman–Crippen MR) is 117 cm³/mol. The Morgan fingerprint density at radius 3 is 2.55 bits per heavy atom. The lowest BCUT2D eigenvalue weighted by molar-refractivity contribution is -0.150. The first-order valence-corrected chi connectivity index (χ1v) is 11.9. The summed E-state index contributed by atoms with van der Waals surface area (Å²) in [5, 5.41) is 12.1. The molecule has 1 aromatic carbocycles. The number of ether oxygens (including phenoxy) is 1. The van der Waals surface area contributed by atoms with Crippen molar-refractivity contribution in [1.82, 2.24) is 10.2 Å². The molecule has 2 N–H and O–H groups in total. The number of likely N-dealkylation sites (tertiary alicyclic amines) is 1. The van der Waals surface area contributed by atoms with E-state index in [1.807, 2.05) is 36.4 Å². The summed E-state index contributed by atoms with van der Waals surface area (Å²) in [6, 6.07) is 9.56. The molecule has 0 radical (unpaired) electrons. The number of hydrogen-bond donors (Lipinski definition) is 2. The van der Waals surface area contributed by atoms with Gasteiger partial charge in [0.2, 0.25) is 0 Å². The number of benzene rings is 1. The number of sulfone groups is 1. The number of nitrogens with one attached hydrogen (secondary N) is 1. The average Bonchev–Trinajstić information content (AvgIpc) is 2.78. The Kier molecular flexibility index (Phi) is 7.17.